The van der Waals surface area contributed by atoms with Gasteiger partial charge in [-0.15, -0.1) is 12.6 Å². The fourth-order valence-electron chi connectivity index (χ4n) is 2.80. The number of allylic oxidation sites excluding steroid dienone is 13. The summed E-state index contributed by atoms with van der Waals surface area (Å²) in [5.41, 5.74) is 4.59. The van der Waals surface area contributed by atoms with Crippen LogP contribution in [0.2, 0.25) is 0 Å². The molecule has 0 aromatic heterocycles. The second kappa shape index (κ2) is 5.93. The molecule has 0 spiro atoms. The Hall–Kier alpha value is -1.41. The number of rotatable bonds is 0. The molecule has 0 heterocycles. The van der Waals surface area contributed by atoms with Crippen molar-refractivity contribution in [2.75, 3.05) is 0 Å². The van der Waals surface area contributed by atoms with E-state index in [1.54, 1.807) is 0 Å². The van der Waals surface area contributed by atoms with E-state index in [1.807, 2.05) is 0 Å². The third-order valence-electron chi connectivity index (χ3n) is 3.91. The molecule has 0 bridgehead atoms. The summed E-state index contributed by atoms with van der Waals surface area (Å²) in [6, 6.07) is 0. The lowest BCUT2D eigenvalue weighted by atomic mass is 9.81. The fourth-order valence-corrected chi connectivity index (χ4v) is 3.13. The molecule has 98 valence electrons. The quantitative estimate of drug-likeness (QED) is 0.486. The van der Waals surface area contributed by atoms with E-state index >= 15 is 0 Å². The van der Waals surface area contributed by atoms with E-state index in [4.69, 9.17) is 7.85 Å². The minimum atomic E-state index is 0.330. The molecule has 0 aliphatic heterocycles. The van der Waals surface area contributed by atoms with Gasteiger partial charge in [0, 0.05) is 10.8 Å². The van der Waals surface area contributed by atoms with E-state index in [2.05, 4.69) is 67.3 Å². The van der Waals surface area contributed by atoms with Gasteiger partial charge in [-0.2, -0.15) is 0 Å². The molecule has 0 N–H and O–H groups in total. The Labute approximate surface area is 127 Å². The molecule has 3 aliphatic rings. The molecule has 0 fully saturated rings. The van der Waals surface area contributed by atoms with Gasteiger partial charge >= 0.3 is 0 Å². The van der Waals surface area contributed by atoms with Gasteiger partial charge in [-0.05, 0) is 30.4 Å². The van der Waals surface area contributed by atoms with E-state index in [0.717, 1.165) is 35.2 Å². The second-order valence-electron chi connectivity index (χ2n) is 5.27. The van der Waals surface area contributed by atoms with E-state index in [-0.39, 0.29) is 0 Å². The van der Waals surface area contributed by atoms with Crippen molar-refractivity contribution in [1.29, 1.82) is 0 Å². The summed E-state index contributed by atoms with van der Waals surface area (Å²) in [7, 11) is 6.25. The zero-order chi connectivity index (χ0) is 13.9. The molecule has 0 amide bonds. The van der Waals surface area contributed by atoms with E-state index in [0.29, 0.717) is 5.92 Å². The van der Waals surface area contributed by atoms with E-state index in [9.17, 15) is 0 Å². The summed E-state index contributed by atoms with van der Waals surface area (Å²) in [5.74, 6) is 0.330. The zero-order valence-corrected chi connectivity index (χ0v) is 12.3. The van der Waals surface area contributed by atoms with Gasteiger partial charge in [0.25, 0.3) is 0 Å². The van der Waals surface area contributed by atoms with Crippen LogP contribution in [0.5, 0.6) is 0 Å². The van der Waals surface area contributed by atoms with Crippen LogP contribution in [0.4, 0.5) is 0 Å². The average Bonchev–Trinajstić information content (AvgIpc) is 2.75. The Morgan fingerprint density at radius 1 is 1.00 bits per heavy atom. The molecule has 0 saturated carbocycles. The summed E-state index contributed by atoms with van der Waals surface area (Å²) < 4.78 is 0. The molecule has 0 aromatic carbocycles. The van der Waals surface area contributed by atoms with Gasteiger partial charge in [0.1, 0.15) is 7.85 Å². The first-order chi connectivity index (χ1) is 9.75. The first kappa shape index (κ1) is 13.6. The maximum absolute atomic E-state index is 6.25. The van der Waals surface area contributed by atoms with E-state index < -0.39 is 0 Å². The number of fused-ring (bicyclic) bond motifs is 2. The summed E-state index contributed by atoms with van der Waals surface area (Å²) >= 11 is 4.68. The molecule has 3 aliphatic carbocycles. The molecular weight excluding hydrogens is 259 g/mol. The molecule has 0 saturated heterocycles. The lowest BCUT2D eigenvalue weighted by Crippen LogP contribution is -2.00. The van der Waals surface area contributed by atoms with Crippen LogP contribution >= 0.6 is 12.6 Å². The first-order valence-electron chi connectivity index (χ1n) is 7.07. The van der Waals surface area contributed by atoms with Crippen molar-refractivity contribution in [3.05, 3.63) is 81.8 Å². The van der Waals surface area contributed by atoms with Gasteiger partial charge in [-0.1, -0.05) is 65.7 Å². The number of hydrogen-bond donors (Lipinski definition) is 1. The Kier molecular flexibility index (Phi) is 4.02. The molecule has 0 aromatic rings. The van der Waals surface area contributed by atoms with Gasteiger partial charge in [0.15, 0.2) is 0 Å². The lowest BCUT2D eigenvalue weighted by Gasteiger charge is -2.16. The SMILES string of the molecule is [B]C1=CCCC=C(S)C2=CC3C=CC=CC=C3CC=C12. The molecule has 0 nitrogen and oxygen atoms in total. The maximum Gasteiger partial charge on any atom is 0.114 e. The molecule has 2 radical (unpaired) electrons. The minimum absolute atomic E-state index is 0.330. The van der Waals surface area contributed by atoms with Crippen molar-refractivity contribution in [3.63, 3.8) is 0 Å². The predicted octanol–water partition coefficient (Wildman–Crippen LogP) is 4.57. The number of hydrogen-bond acceptors (Lipinski definition) is 1. The summed E-state index contributed by atoms with van der Waals surface area (Å²) in [6.45, 7) is 0. The lowest BCUT2D eigenvalue weighted by molar-refractivity contribution is 0.929. The molecule has 1 atom stereocenters. The van der Waals surface area contributed by atoms with Crippen molar-refractivity contribution in [2.24, 2.45) is 5.92 Å². The van der Waals surface area contributed by atoms with Gasteiger partial charge in [-0.3, -0.25) is 0 Å². The van der Waals surface area contributed by atoms with Crippen LogP contribution in [0.15, 0.2) is 81.8 Å². The Morgan fingerprint density at radius 3 is 2.75 bits per heavy atom. The van der Waals surface area contributed by atoms with E-state index in [1.165, 1.54) is 11.1 Å². The highest BCUT2D eigenvalue weighted by Gasteiger charge is 2.19. The Balaban J connectivity index is 2.12. The van der Waals surface area contributed by atoms with Crippen LogP contribution in [0.1, 0.15) is 19.3 Å². The summed E-state index contributed by atoms with van der Waals surface area (Å²) in [6.07, 6.45) is 22.5. The average molecular weight is 276 g/mol. The highest BCUT2D eigenvalue weighted by molar-refractivity contribution is 7.84. The smallest absolute Gasteiger partial charge is 0.114 e. The molecule has 20 heavy (non-hydrogen) atoms. The standard InChI is InChI=1S/C18H17BS/c19-17-8-4-5-9-18(20)16-12-14-7-3-1-2-6-13(14)10-11-15(16)17/h1-3,6-9,11-12,14,20H,4-5,10H2. The fraction of sp³-hybridized carbons (Fsp3) is 0.222. The Morgan fingerprint density at radius 2 is 1.85 bits per heavy atom. The zero-order valence-electron chi connectivity index (χ0n) is 11.4. The van der Waals surface area contributed by atoms with Gasteiger partial charge in [-0.25, -0.2) is 0 Å². The van der Waals surface area contributed by atoms with Crippen LogP contribution < -0.4 is 0 Å². The van der Waals surface area contributed by atoms with Crippen molar-refractivity contribution in [3.8, 4) is 0 Å². The van der Waals surface area contributed by atoms with Crippen LogP contribution in [0.25, 0.3) is 0 Å². The summed E-state index contributed by atoms with van der Waals surface area (Å²) in [5, 5.41) is 0. The van der Waals surface area contributed by atoms with Crippen LogP contribution in [-0.4, -0.2) is 7.85 Å². The first-order valence-corrected chi connectivity index (χ1v) is 7.52. The van der Waals surface area contributed by atoms with Crippen molar-refractivity contribution < 1.29 is 0 Å². The summed E-state index contributed by atoms with van der Waals surface area (Å²) in [4.78, 5) is 1.04. The minimum Gasteiger partial charge on any atom is -0.143 e. The van der Waals surface area contributed by atoms with Gasteiger partial charge in [0.2, 0.25) is 0 Å². The second-order valence-corrected chi connectivity index (χ2v) is 5.75. The highest BCUT2D eigenvalue weighted by Crippen LogP contribution is 2.36. The predicted molar refractivity (Wildman–Crippen MR) is 90.8 cm³/mol. The van der Waals surface area contributed by atoms with Gasteiger partial charge in [0.05, 0.1) is 0 Å². The van der Waals surface area contributed by atoms with Crippen LogP contribution in [0, 0.1) is 5.92 Å². The van der Waals surface area contributed by atoms with Crippen LogP contribution in [0.3, 0.4) is 0 Å². The molecule has 2 heteroatoms. The highest BCUT2D eigenvalue weighted by atomic mass is 32.1. The Bertz CT molecular complexity index is 624. The van der Waals surface area contributed by atoms with Crippen molar-refractivity contribution >= 4 is 20.5 Å². The normalized spacial score (nSPS) is 25.4. The number of thiol groups is 1. The molecule has 3 rings (SSSR count). The molecule has 1 unspecified atom stereocenters. The monoisotopic (exact) mass is 276 g/mol. The third-order valence-corrected chi connectivity index (χ3v) is 4.34. The van der Waals surface area contributed by atoms with Crippen LogP contribution in [-0.2, 0) is 0 Å². The largest absolute Gasteiger partial charge is 0.143 e. The van der Waals surface area contributed by atoms with Gasteiger partial charge < -0.3 is 0 Å². The maximum atomic E-state index is 6.25. The topological polar surface area (TPSA) is 0 Å². The molecular formula is C18H17BS. The van der Waals surface area contributed by atoms with Crippen molar-refractivity contribution in [1.82, 2.24) is 0 Å². The van der Waals surface area contributed by atoms with Crippen molar-refractivity contribution in [2.45, 2.75) is 19.3 Å². The third kappa shape index (κ3) is 2.71.